The molecule has 0 fully saturated rings. The highest BCUT2D eigenvalue weighted by molar-refractivity contribution is 7.99. The van der Waals surface area contributed by atoms with Crippen LogP contribution in [0.2, 0.25) is 5.02 Å². The Labute approximate surface area is 236 Å². The van der Waals surface area contributed by atoms with Gasteiger partial charge in [-0.25, -0.2) is 4.79 Å². The SMILES string of the molecule is Cc1cc(OC(C)c2nnc(SCC(=O)Nc3sc4c(c3C(=O)OC(C)C)CCCC4)n2C)cc(C)c1Cl. The summed E-state index contributed by atoms with van der Waals surface area (Å²) >= 11 is 9.03. The molecule has 0 saturated heterocycles. The number of aryl methyl sites for hydroxylation is 3. The molecule has 0 saturated carbocycles. The molecule has 2 heterocycles. The van der Waals surface area contributed by atoms with Crippen LogP contribution in [0.1, 0.15) is 77.5 Å². The van der Waals surface area contributed by atoms with Crippen molar-refractivity contribution in [1.82, 2.24) is 14.8 Å². The van der Waals surface area contributed by atoms with Gasteiger partial charge in [0.2, 0.25) is 5.91 Å². The molecule has 0 aliphatic heterocycles. The van der Waals surface area contributed by atoms with E-state index in [9.17, 15) is 9.59 Å². The first-order chi connectivity index (χ1) is 18.0. The molecule has 1 aromatic carbocycles. The molecule has 0 spiro atoms. The Morgan fingerprint density at radius 1 is 1.16 bits per heavy atom. The minimum Gasteiger partial charge on any atom is -0.483 e. The second-order valence-electron chi connectivity index (χ2n) is 9.74. The van der Waals surface area contributed by atoms with Crippen LogP contribution in [0.3, 0.4) is 0 Å². The smallest absolute Gasteiger partial charge is 0.341 e. The molecule has 1 aliphatic carbocycles. The molecule has 1 aliphatic rings. The van der Waals surface area contributed by atoms with Gasteiger partial charge in [0.25, 0.3) is 0 Å². The number of thiophene rings is 1. The minimum absolute atomic E-state index is 0.123. The summed E-state index contributed by atoms with van der Waals surface area (Å²) in [5.41, 5.74) is 3.42. The van der Waals surface area contributed by atoms with Gasteiger partial charge in [-0.05, 0) is 89.1 Å². The van der Waals surface area contributed by atoms with E-state index >= 15 is 0 Å². The van der Waals surface area contributed by atoms with Crippen LogP contribution < -0.4 is 10.1 Å². The van der Waals surface area contributed by atoms with E-state index in [4.69, 9.17) is 21.1 Å². The molecule has 11 heteroatoms. The largest absolute Gasteiger partial charge is 0.483 e. The first-order valence-electron chi connectivity index (χ1n) is 12.7. The highest BCUT2D eigenvalue weighted by Crippen LogP contribution is 2.39. The third-order valence-electron chi connectivity index (χ3n) is 6.26. The van der Waals surface area contributed by atoms with Crippen molar-refractivity contribution in [2.24, 2.45) is 7.05 Å². The van der Waals surface area contributed by atoms with Gasteiger partial charge in [0.05, 0.1) is 17.4 Å². The van der Waals surface area contributed by atoms with E-state index in [1.165, 1.54) is 23.1 Å². The molecular formula is C27H33ClN4O4S2. The molecule has 0 bridgehead atoms. The lowest BCUT2D eigenvalue weighted by Gasteiger charge is -2.16. The van der Waals surface area contributed by atoms with Crippen molar-refractivity contribution in [2.45, 2.75) is 77.7 Å². The van der Waals surface area contributed by atoms with Crippen molar-refractivity contribution in [3.63, 3.8) is 0 Å². The fourth-order valence-electron chi connectivity index (χ4n) is 4.47. The third-order valence-corrected chi connectivity index (χ3v) is 9.08. The van der Waals surface area contributed by atoms with Crippen LogP contribution in [0.4, 0.5) is 5.00 Å². The molecule has 1 atom stereocenters. The number of fused-ring (bicyclic) bond motifs is 1. The van der Waals surface area contributed by atoms with Crippen LogP contribution in [-0.4, -0.2) is 38.5 Å². The number of carbonyl (C=O) groups excluding carboxylic acids is 2. The van der Waals surface area contributed by atoms with E-state index in [-0.39, 0.29) is 29.8 Å². The summed E-state index contributed by atoms with van der Waals surface area (Å²) < 4.78 is 13.4. The monoisotopic (exact) mass is 576 g/mol. The minimum atomic E-state index is -0.375. The maximum absolute atomic E-state index is 12.9. The molecule has 38 heavy (non-hydrogen) atoms. The highest BCUT2D eigenvalue weighted by Gasteiger charge is 2.28. The van der Waals surface area contributed by atoms with Gasteiger partial charge in [-0.15, -0.1) is 21.5 Å². The maximum atomic E-state index is 12.9. The molecular weight excluding hydrogens is 544 g/mol. The normalized spacial score (nSPS) is 13.8. The quantitative estimate of drug-likeness (QED) is 0.231. The van der Waals surface area contributed by atoms with Crippen LogP contribution in [0.5, 0.6) is 5.75 Å². The third kappa shape index (κ3) is 6.35. The molecule has 204 valence electrons. The number of anilines is 1. The Hall–Kier alpha value is -2.56. The average Bonchev–Trinajstić information content (AvgIpc) is 3.40. The Morgan fingerprint density at radius 3 is 2.53 bits per heavy atom. The van der Waals surface area contributed by atoms with Crippen LogP contribution in [0.25, 0.3) is 0 Å². The van der Waals surface area contributed by atoms with E-state index < -0.39 is 0 Å². The average molecular weight is 577 g/mol. The van der Waals surface area contributed by atoms with Gasteiger partial charge in [0.1, 0.15) is 10.8 Å². The van der Waals surface area contributed by atoms with Gasteiger partial charge < -0.3 is 19.4 Å². The number of hydrogen-bond acceptors (Lipinski definition) is 8. The van der Waals surface area contributed by atoms with Crippen LogP contribution >= 0.6 is 34.7 Å². The topological polar surface area (TPSA) is 95.3 Å². The first-order valence-corrected chi connectivity index (χ1v) is 14.8. The fourth-order valence-corrected chi connectivity index (χ4v) is 6.59. The van der Waals surface area contributed by atoms with E-state index in [0.717, 1.165) is 52.3 Å². The highest BCUT2D eigenvalue weighted by atomic mass is 35.5. The molecule has 2 aromatic heterocycles. The van der Waals surface area contributed by atoms with E-state index in [1.807, 2.05) is 58.4 Å². The molecule has 8 nitrogen and oxygen atoms in total. The van der Waals surface area contributed by atoms with Crippen molar-refractivity contribution in [3.05, 3.63) is 50.1 Å². The van der Waals surface area contributed by atoms with Crippen LogP contribution in [-0.2, 0) is 29.4 Å². The lowest BCUT2D eigenvalue weighted by Crippen LogP contribution is -2.19. The number of rotatable bonds is 9. The fraction of sp³-hybridized carbons (Fsp3) is 0.481. The Kier molecular flexibility index (Phi) is 9.05. The summed E-state index contributed by atoms with van der Waals surface area (Å²) in [6, 6.07) is 3.80. The van der Waals surface area contributed by atoms with Gasteiger partial charge in [-0.2, -0.15) is 0 Å². The molecule has 0 radical (unpaired) electrons. The lowest BCUT2D eigenvalue weighted by atomic mass is 9.95. The molecule has 4 rings (SSSR count). The first kappa shape index (κ1) is 28.4. The number of benzene rings is 1. The van der Waals surface area contributed by atoms with E-state index in [0.29, 0.717) is 27.3 Å². The van der Waals surface area contributed by atoms with Crippen molar-refractivity contribution in [1.29, 1.82) is 0 Å². The van der Waals surface area contributed by atoms with Crippen molar-refractivity contribution in [3.8, 4) is 5.75 Å². The summed E-state index contributed by atoms with van der Waals surface area (Å²) in [5.74, 6) is 0.883. The van der Waals surface area contributed by atoms with Gasteiger partial charge in [0, 0.05) is 16.9 Å². The number of halogens is 1. The summed E-state index contributed by atoms with van der Waals surface area (Å²) in [5, 5.41) is 13.4. The number of nitrogens with zero attached hydrogens (tertiary/aromatic N) is 3. The number of aromatic nitrogens is 3. The van der Waals surface area contributed by atoms with Crippen LogP contribution in [0.15, 0.2) is 17.3 Å². The second-order valence-corrected chi connectivity index (χ2v) is 12.2. The number of nitrogens with one attached hydrogen (secondary N) is 1. The van der Waals surface area contributed by atoms with Crippen LogP contribution in [0, 0.1) is 13.8 Å². The summed E-state index contributed by atoms with van der Waals surface area (Å²) in [7, 11) is 1.85. The molecule has 1 N–H and O–H groups in total. The van der Waals surface area contributed by atoms with Crippen molar-refractivity contribution < 1.29 is 19.1 Å². The number of hydrogen-bond donors (Lipinski definition) is 1. The maximum Gasteiger partial charge on any atom is 0.341 e. The van der Waals surface area contributed by atoms with Crippen molar-refractivity contribution in [2.75, 3.05) is 11.1 Å². The van der Waals surface area contributed by atoms with Gasteiger partial charge in [-0.3, -0.25) is 4.79 Å². The Bertz CT molecular complexity index is 1330. The van der Waals surface area contributed by atoms with E-state index in [2.05, 4.69) is 15.5 Å². The van der Waals surface area contributed by atoms with Gasteiger partial charge >= 0.3 is 5.97 Å². The van der Waals surface area contributed by atoms with E-state index in [1.54, 1.807) is 0 Å². The molecule has 1 amide bonds. The summed E-state index contributed by atoms with van der Waals surface area (Å²) in [6.45, 7) is 9.43. The number of amides is 1. The zero-order valence-electron chi connectivity index (χ0n) is 22.5. The molecule has 1 unspecified atom stereocenters. The predicted octanol–water partition coefficient (Wildman–Crippen LogP) is 6.46. The second kappa shape index (κ2) is 12.1. The van der Waals surface area contributed by atoms with Gasteiger partial charge in [0.15, 0.2) is 17.1 Å². The number of ether oxygens (including phenoxy) is 2. The predicted molar refractivity (Wildman–Crippen MR) is 152 cm³/mol. The summed E-state index contributed by atoms with van der Waals surface area (Å²) in [4.78, 5) is 26.9. The number of esters is 1. The van der Waals surface area contributed by atoms with Crippen molar-refractivity contribution >= 4 is 51.6 Å². The zero-order valence-corrected chi connectivity index (χ0v) is 24.9. The molecule has 3 aromatic rings. The lowest BCUT2D eigenvalue weighted by molar-refractivity contribution is -0.113. The Balaban J connectivity index is 1.41. The number of thioether (sulfide) groups is 1. The standard InChI is InChI=1S/C27H33ClN4O4S2/c1-14(2)35-26(34)22-19-9-7-8-10-20(19)38-25(22)29-21(33)13-37-27-31-30-24(32(27)6)17(5)36-18-11-15(3)23(28)16(4)12-18/h11-12,14,17H,7-10,13H2,1-6H3,(H,29,33). The summed E-state index contributed by atoms with van der Waals surface area (Å²) in [6.07, 6.45) is 3.28. The number of carbonyl (C=O) groups is 2. The Morgan fingerprint density at radius 2 is 1.84 bits per heavy atom. The van der Waals surface area contributed by atoms with Gasteiger partial charge in [-0.1, -0.05) is 23.4 Å². The zero-order chi connectivity index (χ0) is 27.6.